The Balaban J connectivity index is 1.73. The van der Waals surface area contributed by atoms with Crippen molar-refractivity contribution >= 4 is 17.7 Å². The third-order valence-electron chi connectivity index (χ3n) is 4.74. The summed E-state index contributed by atoms with van der Waals surface area (Å²) in [4.78, 5) is 40.1. The maximum absolute atomic E-state index is 12.6. The number of carbonyl (C=O) groups is 3. The van der Waals surface area contributed by atoms with Gasteiger partial charge in [0.1, 0.15) is 6.04 Å². The Bertz CT molecular complexity index is 676. The maximum Gasteiger partial charge on any atom is 0.312 e. The SMILES string of the molecule is CNC(=O)[C@@H]1C[C@H](N)CN1C(=O)C(=O)N1CCc2ccccc2C1. The molecule has 24 heavy (non-hydrogen) atoms. The third-order valence-corrected chi connectivity index (χ3v) is 4.74. The van der Waals surface area contributed by atoms with E-state index in [1.54, 1.807) is 4.90 Å². The molecule has 0 saturated carbocycles. The molecule has 1 saturated heterocycles. The molecule has 0 bridgehead atoms. The Labute approximate surface area is 140 Å². The molecular weight excluding hydrogens is 308 g/mol. The lowest BCUT2D eigenvalue weighted by molar-refractivity contribution is -0.154. The summed E-state index contributed by atoms with van der Waals surface area (Å²) in [6.45, 7) is 1.16. The van der Waals surface area contributed by atoms with Crippen LogP contribution in [0.3, 0.4) is 0 Å². The lowest BCUT2D eigenvalue weighted by atomic mass is 10.00. The predicted molar refractivity (Wildman–Crippen MR) is 87.7 cm³/mol. The molecule has 0 aliphatic carbocycles. The zero-order valence-corrected chi connectivity index (χ0v) is 13.7. The highest BCUT2D eigenvalue weighted by atomic mass is 16.2. The topological polar surface area (TPSA) is 95.7 Å². The van der Waals surface area contributed by atoms with Gasteiger partial charge in [-0.05, 0) is 24.0 Å². The largest absolute Gasteiger partial charge is 0.357 e. The van der Waals surface area contributed by atoms with Gasteiger partial charge in [0, 0.05) is 32.7 Å². The minimum atomic E-state index is -0.668. The standard InChI is InChI=1S/C17H22N4O3/c1-19-15(22)14-8-13(18)10-21(14)17(24)16(23)20-7-6-11-4-2-3-5-12(11)9-20/h2-5,13-14H,6-10,18H2,1H3,(H,19,22)/t13-,14-/m0/s1. The molecule has 1 aromatic carbocycles. The fourth-order valence-electron chi connectivity index (χ4n) is 3.44. The molecule has 0 aromatic heterocycles. The fourth-order valence-corrected chi connectivity index (χ4v) is 3.44. The summed E-state index contributed by atoms with van der Waals surface area (Å²) in [5, 5.41) is 2.53. The van der Waals surface area contributed by atoms with E-state index in [1.165, 1.54) is 17.5 Å². The van der Waals surface area contributed by atoms with Crippen LogP contribution in [0, 0.1) is 0 Å². The molecule has 0 spiro atoms. The zero-order chi connectivity index (χ0) is 17.3. The number of nitrogens with one attached hydrogen (secondary N) is 1. The molecule has 7 heteroatoms. The number of amides is 3. The van der Waals surface area contributed by atoms with E-state index < -0.39 is 17.9 Å². The first-order chi connectivity index (χ1) is 11.5. The number of nitrogens with two attached hydrogens (primary N) is 1. The Morgan fingerprint density at radius 2 is 1.88 bits per heavy atom. The van der Waals surface area contributed by atoms with Crippen LogP contribution in [0.25, 0.3) is 0 Å². The second-order valence-electron chi connectivity index (χ2n) is 6.33. The summed E-state index contributed by atoms with van der Waals surface area (Å²) >= 11 is 0. The van der Waals surface area contributed by atoms with Gasteiger partial charge < -0.3 is 20.9 Å². The monoisotopic (exact) mass is 330 g/mol. The van der Waals surface area contributed by atoms with Crippen molar-refractivity contribution in [1.29, 1.82) is 0 Å². The number of hydrogen-bond donors (Lipinski definition) is 2. The van der Waals surface area contributed by atoms with Crippen molar-refractivity contribution in [3.8, 4) is 0 Å². The number of likely N-dealkylation sites (N-methyl/N-ethyl adjacent to an activating group) is 1. The summed E-state index contributed by atoms with van der Waals surface area (Å²) in [7, 11) is 1.51. The van der Waals surface area contributed by atoms with E-state index in [-0.39, 0.29) is 18.5 Å². The van der Waals surface area contributed by atoms with Crippen molar-refractivity contribution in [2.75, 3.05) is 20.1 Å². The zero-order valence-electron chi connectivity index (χ0n) is 13.7. The number of carbonyl (C=O) groups excluding carboxylic acids is 3. The van der Waals surface area contributed by atoms with Gasteiger partial charge in [0.05, 0.1) is 0 Å². The van der Waals surface area contributed by atoms with Crippen LogP contribution >= 0.6 is 0 Å². The van der Waals surface area contributed by atoms with Gasteiger partial charge in [-0.25, -0.2) is 0 Å². The number of benzene rings is 1. The van der Waals surface area contributed by atoms with Crippen molar-refractivity contribution in [3.63, 3.8) is 0 Å². The van der Waals surface area contributed by atoms with Gasteiger partial charge in [-0.15, -0.1) is 0 Å². The van der Waals surface area contributed by atoms with Crippen molar-refractivity contribution in [2.24, 2.45) is 5.73 Å². The number of nitrogens with zero attached hydrogens (tertiary/aromatic N) is 2. The summed E-state index contributed by atoms with van der Waals surface area (Å²) < 4.78 is 0. The summed E-state index contributed by atoms with van der Waals surface area (Å²) in [6, 6.07) is 6.96. The summed E-state index contributed by atoms with van der Waals surface area (Å²) in [5.41, 5.74) is 8.16. The smallest absolute Gasteiger partial charge is 0.312 e. The third kappa shape index (κ3) is 2.99. The lowest BCUT2D eigenvalue weighted by Gasteiger charge is -2.31. The molecule has 3 rings (SSSR count). The number of rotatable bonds is 1. The van der Waals surface area contributed by atoms with E-state index in [0.717, 1.165) is 12.0 Å². The van der Waals surface area contributed by atoms with E-state index in [0.29, 0.717) is 19.5 Å². The van der Waals surface area contributed by atoms with Crippen LogP contribution in [0.1, 0.15) is 17.5 Å². The lowest BCUT2D eigenvalue weighted by Crippen LogP contribution is -2.51. The van der Waals surface area contributed by atoms with Gasteiger partial charge in [0.2, 0.25) is 5.91 Å². The average Bonchev–Trinajstić information content (AvgIpc) is 3.01. The van der Waals surface area contributed by atoms with Crippen molar-refractivity contribution in [1.82, 2.24) is 15.1 Å². The van der Waals surface area contributed by atoms with Crippen LogP contribution in [0.15, 0.2) is 24.3 Å². The van der Waals surface area contributed by atoms with Gasteiger partial charge in [0.25, 0.3) is 0 Å². The van der Waals surface area contributed by atoms with Crippen LogP contribution in [0.4, 0.5) is 0 Å². The first-order valence-corrected chi connectivity index (χ1v) is 8.15. The van der Waals surface area contributed by atoms with Gasteiger partial charge >= 0.3 is 11.8 Å². The van der Waals surface area contributed by atoms with E-state index in [1.807, 2.05) is 24.3 Å². The van der Waals surface area contributed by atoms with E-state index >= 15 is 0 Å². The van der Waals surface area contributed by atoms with Crippen LogP contribution in [0.2, 0.25) is 0 Å². The van der Waals surface area contributed by atoms with Crippen molar-refractivity contribution < 1.29 is 14.4 Å². The minimum absolute atomic E-state index is 0.229. The first-order valence-electron chi connectivity index (χ1n) is 8.15. The molecule has 2 atom stereocenters. The second kappa shape index (κ2) is 6.60. The molecule has 0 unspecified atom stereocenters. The molecule has 2 aliphatic rings. The molecule has 3 N–H and O–H groups in total. The van der Waals surface area contributed by atoms with E-state index in [4.69, 9.17) is 5.73 Å². The Hall–Kier alpha value is -2.41. The summed E-state index contributed by atoms with van der Waals surface area (Å²) in [5.74, 6) is -1.49. The number of fused-ring (bicyclic) bond motifs is 1. The highest BCUT2D eigenvalue weighted by molar-refractivity contribution is 6.35. The summed E-state index contributed by atoms with van der Waals surface area (Å²) in [6.07, 6.45) is 1.11. The normalized spacial score (nSPS) is 22.9. The molecule has 1 aromatic rings. The molecule has 3 amide bonds. The molecule has 2 aliphatic heterocycles. The van der Waals surface area contributed by atoms with Gasteiger partial charge in [0.15, 0.2) is 0 Å². The minimum Gasteiger partial charge on any atom is -0.357 e. The van der Waals surface area contributed by atoms with E-state index in [2.05, 4.69) is 5.32 Å². The maximum atomic E-state index is 12.6. The van der Waals surface area contributed by atoms with E-state index in [9.17, 15) is 14.4 Å². The fraction of sp³-hybridized carbons (Fsp3) is 0.471. The van der Waals surface area contributed by atoms with Gasteiger partial charge in [-0.2, -0.15) is 0 Å². The predicted octanol–water partition coefficient (Wildman–Crippen LogP) is -0.754. The van der Waals surface area contributed by atoms with Crippen molar-refractivity contribution in [2.45, 2.75) is 31.5 Å². The van der Waals surface area contributed by atoms with Gasteiger partial charge in [-0.1, -0.05) is 24.3 Å². The first kappa shape index (κ1) is 16.4. The number of likely N-dealkylation sites (tertiary alicyclic amines) is 1. The highest BCUT2D eigenvalue weighted by Gasteiger charge is 2.41. The Kier molecular flexibility index (Phi) is 4.53. The molecule has 128 valence electrons. The quantitative estimate of drug-likeness (QED) is 0.662. The molecule has 2 heterocycles. The van der Waals surface area contributed by atoms with Crippen molar-refractivity contribution in [3.05, 3.63) is 35.4 Å². The molecule has 7 nitrogen and oxygen atoms in total. The molecule has 0 radical (unpaired) electrons. The van der Waals surface area contributed by atoms with Crippen LogP contribution in [-0.4, -0.2) is 59.7 Å². The second-order valence-corrected chi connectivity index (χ2v) is 6.33. The molecule has 1 fully saturated rings. The highest BCUT2D eigenvalue weighted by Crippen LogP contribution is 2.21. The average molecular weight is 330 g/mol. The van der Waals surface area contributed by atoms with Gasteiger partial charge in [-0.3, -0.25) is 14.4 Å². The molecular formula is C17H22N4O3. The Morgan fingerprint density at radius 3 is 2.58 bits per heavy atom. The number of hydrogen-bond acceptors (Lipinski definition) is 4. The van der Waals surface area contributed by atoms with Crippen LogP contribution in [0.5, 0.6) is 0 Å². The Morgan fingerprint density at radius 1 is 1.17 bits per heavy atom. The van der Waals surface area contributed by atoms with Crippen LogP contribution < -0.4 is 11.1 Å². The van der Waals surface area contributed by atoms with Crippen LogP contribution in [-0.2, 0) is 27.3 Å².